The number of alkyl halides is 2. The van der Waals surface area contributed by atoms with Crippen molar-refractivity contribution in [2.24, 2.45) is 0 Å². The second-order valence-electron chi connectivity index (χ2n) is 4.42. The van der Waals surface area contributed by atoms with E-state index in [4.69, 9.17) is 0 Å². The minimum atomic E-state index is -2.85. The van der Waals surface area contributed by atoms with Crippen LogP contribution in [0.5, 0.6) is 5.75 Å². The minimum Gasteiger partial charge on any atom is -0.435 e. The van der Waals surface area contributed by atoms with Crippen LogP contribution < -0.4 is 10.1 Å². The van der Waals surface area contributed by atoms with E-state index in [2.05, 4.69) is 10.1 Å². The molecule has 0 fully saturated rings. The van der Waals surface area contributed by atoms with Gasteiger partial charge in [0.1, 0.15) is 5.75 Å². The molecule has 1 aromatic carbocycles. The average Bonchev–Trinajstić information content (AvgIpc) is 2.45. The van der Waals surface area contributed by atoms with Gasteiger partial charge in [-0.25, -0.2) is 0 Å². The van der Waals surface area contributed by atoms with Gasteiger partial charge >= 0.3 is 6.61 Å². The molecule has 21 heavy (non-hydrogen) atoms. The molecular formula is C15H19F2NO3. The highest BCUT2D eigenvalue weighted by molar-refractivity contribution is 5.91. The van der Waals surface area contributed by atoms with Gasteiger partial charge in [0, 0.05) is 12.6 Å². The Kier molecular flexibility index (Phi) is 7.39. The second kappa shape index (κ2) is 9.07. The molecule has 0 aliphatic rings. The van der Waals surface area contributed by atoms with Gasteiger partial charge < -0.3 is 15.2 Å². The van der Waals surface area contributed by atoms with Gasteiger partial charge in [0.25, 0.3) is 0 Å². The van der Waals surface area contributed by atoms with E-state index in [9.17, 15) is 18.7 Å². The molecule has 0 aliphatic carbocycles. The number of ether oxygens (including phenoxy) is 1. The Labute approximate surface area is 122 Å². The summed E-state index contributed by atoms with van der Waals surface area (Å²) in [5.41, 5.74) is 0.695. The smallest absolute Gasteiger partial charge is 0.387 e. The SMILES string of the molecule is CCC(O)CCNC(=O)/C=C/c1ccc(OC(F)F)cc1. The number of carbonyl (C=O) groups excluding carboxylic acids is 1. The molecule has 1 atom stereocenters. The van der Waals surface area contributed by atoms with E-state index in [-0.39, 0.29) is 11.7 Å². The zero-order valence-corrected chi connectivity index (χ0v) is 11.8. The lowest BCUT2D eigenvalue weighted by molar-refractivity contribution is -0.116. The molecule has 0 spiro atoms. The van der Waals surface area contributed by atoms with E-state index in [0.717, 1.165) is 0 Å². The Morgan fingerprint density at radius 2 is 2.05 bits per heavy atom. The summed E-state index contributed by atoms with van der Waals surface area (Å²) in [7, 11) is 0. The Bertz CT molecular complexity index is 460. The van der Waals surface area contributed by atoms with E-state index >= 15 is 0 Å². The molecule has 1 unspecified atom stereocenters. The molecule has 0 aromatic heterocycles. The standard InChI is InChI=1S/C15H19F2NO3/c1-2-12(19)9-10-18-14(20)8-5-11-3-6-13(7-4-11)21-15(16)17/h3-8,12,15,19H,2,9-10H2,1H3,(H,18,20)/b8-5+. The molecule has 116 valence electrons. The van der Waals surface area contributed by atoms with Crippen LogP contribution in [0.2, 0.25) is 0 Å². The Morgan fingerprint density at radius 3 is 2.62 bits per heavy atom. The number of aliphatic hydroxyl groups is 1. The van der Waals surface area contributed by atoms with E-state index < -0.39 is 12.7 Å². The first-order valence-corrected chi connectivity index (χ1v) is 6.70. The molecule has 1 rings (SSSR count). The topological polar surface area (TPSA) is 58.6 Å². The van der Waals surface area contributed by atoms with Crippen LogP contribution in [0.3, 0.4) is 0 Å². The van der Waals surface area contributed by atoms with Crippen LogP contribution in [-0.2, 0) is 4.79 Å². The van der Waals surface area contributed by atoms with Crippen LogP contribution in [0.25, 0.3) is 6.08 Å². The maximum absolute atomic E-state index is 12.0. The first kappa shape index (κ1) is 17.1. The largest absolute Gasteiger partial charge is 0.435 e. The summed E-state index contributed by atoms with van der Waals surface area (Å²) in [6, 6.07) is 5.95. The van der Waals surface area contributed by atoms with Gasteiger partial charge in [-0.05, 0) is 36.6 Å². The fourth-order valence-electron chi connectivity index (χ4n) is 1.56. The molecule has 1 amide bonds. The number of halogens is 2. The quantitative estimate of drug-likeness (QED) is 0.725. The molecule has 0 heterocycles. The van der Waals surface area contributed by atoms with Gasteiger partial charge in [-0.3, -0.25) is 4.79 Å². The highest BCUT2D eigenvalue weighted by Gasteiger charge is 2.03. The molecule has 0 saturated carbocycles. The average molecular weight is 299 g/mol. The number of benzene rings is 1. The van der Waals surface area contributed by atoms with E-state index in [0.29, 0.717) is 24.9 Å². The lowest BCUT2D eigenvalue weighted by atomic mass is 10.2. The van der Waals surface area contributed by atoms with Crippen LogP contribution >= 0.6 is 0 Å². The maximum atomic E-state index is 12.0. The van der Waals surface area contributed by atoms with Gasteiger partial charge in [0.15, 0.2) is 0 Å². The number of hydrogen-bond acceptors (Lipinski definition) is 3. The molecule has 0 radical (unpaired) electrons. The number of nitrogens with one attached hydrogen (secondary N) is 1. The van der Waals surface area contributed by atoms with Gasteiger partial charge in [-0.2, -0.15) is 8.78 Å². The zero-order valence-electron chi connectivity index (χ0n) is 11.8. The minimum absolute atomic E-state index is 0.0696. The van der Waals surface area contributed by atoms with Crippen molar-refractivity contribution in [3.8, 4) is 5.75 Å². The van der Waals surface area contributed by atoms with E-state index in [1.165, 1.54) is 18.2 Å². The van der Waals surface area contributed by atoms with Crippen LogP contribution in [-0.4, -0.2) is 30.3 Å². The number of amides is 1. The monoisotopic (exact) mass is 299 g/mol. The highest BCUT2D eigenvalue weighted by atomic mass is 19.3. The molecule has 1 aromatic rings. The summed E-state index contributed by atoms with van der Waals surface area (Å²) in [5.74, 6) is -0.202. The summed E-state index contributed by atoms with van der Waals surface area (Å²) in [5, 5.41) is 12.0. The number of carbonyl (C=O) groups is 1. The van der Waals surface area contributed by atoms with Gasteiger partial charge in [-0.1, -0.05) is 19.1 Å². The molecular weight excluding hydrogens is 280 g/mol. The van der Waals surface area contributed by atoms with Gasteiger partial charge in [0.2, 0.25) is 5.91 Å². The summed E-state index contributed by atoms with van der Waals surface area (Å²) < 4.78 is 28.2. The fraction of sp³-hybridized carbons (Fsp3) is 0.400. The van der Waals surface area contributed by atoms with Crippen molar-refractivity contribution in [1.82, 2.24) is 5.32 Å². The van der Waals surface area contributed by atoms with Crippen LogP contribution in [0.15, 0.2) is 30.3 Å². The van der Waals surface area contributed by atoms with Gasteiger partial charge in [0.05, 0.1) is 6.10 Å². The second-order valence-corrected chi connectivity index (χ2v) is 4.42. The summed E-state index contributed by atoms with van der Waals surface area (Å²) in [4.78, 5) is 11.5. The number of hydrogen-bond donors (Lipinski definition) is 2. The van der Waals surface area contributed by atoms with Crippen molar-refractivity contribution >= 4 is 12.0 Å². The third kappa shape index (κ3) is 7.41. The summed E-state index contributed by atoms with van der Waals surface area (Å²) in [6.07, 6.45) is 3.67. The van der Waals surface area contributed by atoms with Crippen LogP contribution in [0.1, 0.15) is 25.3 Å². The predicted molar refractivity (Wildman–Crippen MR) is 76.0 cm³/mol. The van der Waals surface area contributed by atoms with E-state index in [1.807, 2.05) is 6.92 Å². The highest BCUT2D eigenvalue weighted by Crippen LogP contribution is 2.15. The Morgan fingerprint density at radius 1 is 1.38 bits per heavy atom. The summed E-state index contributed by atoms with van der Waals surface area (Å²) in [6.45, 7) is -0.580. The Balaban J connectivity index is 2.39. The van der Waals surface area contributed by atoms with Crippen molar-refractivity contribution in [2.45, 2.75) is 32.5 Å². The first-order valence-electron chi connectivity index (χ1n) is 6.70. The van der Waals surface area contributed by atoms with Gasteiger partial charge in [-0.15, -0.1) is 0 Å². The maximum Gasteiger partial charge on any atom is 0.387 e. The number of aliphatic hydroxyl groups excluding tert-OH is 1. The third-order valence-electron chi connectivity index (χ3n) is 2.78. The normalized spacial score (nSPS) is 12.6. The molecule has 0 bridgehead atoms. The van der Waals surface area contributed by atoms with Crippen molar-refractivity contribution in [3.63, 3.8) is 0 Å². The van der Waals surface area contributed by atoms with Crippen molar-refractivity contribution in [1.29, 1.82) is 0 Å². The van der Waals surface area contributed by atoms with Crippen molar-refractivity contribution in [2.75, 3.05) is 6.54 Å². The van der Waals surface area contributed by atoms with Crippen LogP contribution in [0, 0.1) is 0 Å². The summed E-state index contributed by atoms with van der Waals surface area (Å²) >= 11 is 0. The molecule has 0 saturated heterocycles. The van der Waals surface area contributed by atoms with E-state index in [1.54, 1.807) is 18.2 Å². The number of rotatable bonds is 8. The van der Waals surface area contributed by atoms with Crippen molar-refractivity contribution in [3.05, 3.63) is 35.9 Å². The molecule has 6 heteroatoms. The zero-order chi connectivity index (χ0) is 15.7. The lowest BCUT2D eigenvalue weighted by Crippen LogP contribution is -2.25. The predicted octanol–water partition coefficient (Wildman–Crippen LogP) is 2.58. The molecule has 4 nitrogen and oxygen atoms in total. The Hall–Kier alpha value is -1.95. The third-order valence-corrected chi connectivity index (χ3v) is 2.78. The van der Waals surface area contributed by atoms with Crippen LogP contribution in [0.4, 0.5) is 8.78 Å². The molecule has 0 aliphatic heterocycles. The van der Waals surface area contributed by atoms with Crippen molar-refractivity contribution < 1.29 is 23.4 Å². The fourth-order valence-corrected chi connectivity index (χ4v) is 1.56. The first-order chi connectivity index (χ1) is 10.0. The lowest BCUT2D eigenvalue weighted by Gasteiger charge is -2.07. The molecule has 2 N–H and O–H groups in total.